The first-order valence-corrected chi connectivity index (χ1v) is 23.3. The first-order valence-electron chi connectivity index (χ1n) is 23.3. The van der Waals surface area contributed by atoms with Gasteiger partial charge < -0.3 is 25.1 Å². The number of carbonyl (C=O) groups is 1. The molecule has 370 valence electrons. The number of hydrogen-bond donors (Lipinski definition) is 3. The molecule has 0 atom stereocenters. The van der Waals surface area contributed by atoms with Gasteiger partial charge in [0.2, 0.25) is 5.82 Å². The van der Waals surface area contributed by atoms with Gasteiger partial charge in [-0.2, -0.15) is 28.6 Å². The van der Waals surface area contributed by atoms with Gasteiger partial charge in [-0.25, -0.2) is 19.3 Å². The van der Waals surface area contributed by atoms with E-state index in [0.717, 1.165) is 80.5 Å². The highest BCUT2D eigenvalue weighted by molar-refractivity contribution is 6.02. The molecular formula is C54H48F4N12O3. The summed E-state index contributed by atoms with van der Waals surface area (Å²) < 4.78 is 65.3. The van der Waals surface area contributed by atoms with Gasteiger partial charge in [0.15, 0.2) is 23.0 Å². The van der Waals surface area contributed by atoms with Crippen LogP contribution in [0.5, 0.6) is 11.5 Å². The summed E-state index contributed by atoms with van der Waals surface area (Å²) in [5.74, 6) is -0.817. The molecule has 10 aromatic rings. The number of nitrogens with one attached hydrogen (secondary N) is 2. The molecule has 0 bridgehead atoms. The molecule has 1 amide bonds. The number of imidazole rings is 1. The minimum atomic E-state index is -4.69. The van der Waals surface area contributed by atoms with Crippen molar-refractivity contribution in [1.82, 2.24) is 49.9 Å². The number of pyridine rings is 3. The highest BCUT2D eigenvalue weighted by Gasteiger charge is 2.36. The summed E-state index contributed by atoms with van der Waals surface area (Å²) in [5.41, 5.74) is 16.3. The van der Waals surface area contributed by atoms with Crippen molar-refractivity contribution in [2.75, 3.05) is 19.5 Å². The minimum absolute atomic E-state index is 0.0140. The maximum atomic E-state index is 13.7. The van der Waals surface area contributed by atoms with Crippen LogP contribution in [0.3, 0.4) is 0 Å². The number of amides is 1. The van der Waals surface area contributed by atoms with Crippen LogP contribution in [0.4, 0.5) is 23.4 Å². The summed E-state index contributed by atoms with van der Waals surface area (Å²) >= 11 is 0. The first kappa shape index (κ1) is 49.1. The molecule has 1 saturated carbocycles. The maximum absolute atomic E-state index is 13.7. The van der Waals surface area contributed by atoms with Crippen molar-refractivity contribution in [3.63, 3.8) is 0 Å². The van der Waals surface area contributed by atoms with Crippen LogP contribution in [0.15, 0.2) is 134 Å². The fourth-order valence-electron chi connectivity index (χ4n) is 8.57. The van der Waals surface area contributed by atoms with Gasteiger partial charge in [0, 0.05) is 59.5 Å². The third-order valence-electron chi connectivity index (χ3n) is 12.1. The summed E-state index contributed by atoms with van der Waals surface area (Å²) in [5, 5.41) is 15.0. The number of aromatic amines is 1. The Morgan fingerprint density at radius 1 is 0.808 bits per heavy atom. The zero-order chi connectivity index (χ0) is 51.1. The molecule has 19 heteroatoms. The van der Waals surface area contributed by atoms with Crippen molar-refractivity contribution in [1.29, 1.82) is 0 Å². The summed E-state index contributed by atoms with van der Waals surface area (Å²) in [6.45, 7) is 2.08. The lowest BCUT2D eigenvalue weighted by atomic mass is 9.95. The molecule has 73 heavy (non-hydrogen) atoms. The normalized spacial score (nSPS) is 12.5. The number of carbonyl (C=O) groups excluding carboxylic acids is 1. The second-order valence-corrected chi connectivity index (χ2v) is 17.2. The molecule has 0 unspecified atom stereocenters. The zero-order valence-electron chi connectivity index (χ0n) is 39.9. The lowest BCUT2D eigenvalue weighted by Gasteiger charge is -2.17. The monoisotopic (exact) mass is 988 g/mol. The number of halogens is 4. The Balaban J connectivity index is 0.000000136. The maximum Gasteiger partial charge on any atom is 0.451 e. The molecule has 0 spiro atoms. The number of para-hydroxylation sites is 1. The second-order valence-electron chi connectivity index (χ2n) is 17.2. The van der Waals surface area contributed by atoms with E-state index in [1.54, 1.807) is 31.5 Å². The number of primary amides is 1. The van der Waals surface area contributed by atoms with E-state index >= 15 is 0 Å². The number of anilines is 1. The number of hydrogen-bond acceptors (Lipinski definition) is 12. The SMILES string of the molecule is CNc1nc(C(F)(F)F)nc2c1ncn2Cc1ccccc1F.COc1ccc(-c2ccc(C(N)=O)nc2)cc1OC1CCCC1.Cc1cnc2c(-c3cccc4n[nH]nc34)cc(Cc3ccncc3)cc2c1. The van der Waals surface area contributed by atoms with Crippen molar-refractivity contribution < 1.29 is 31.8 Å². The number of fused-ring (bicyclic) bond motifs is 3. The number of ether oxygens (including phenoxy) is 2. The van der Waals surface area contributed by atoms with Crippen molar-refractivity contribution in [2.24, 2.45) is 5.73 Å². The van der Waals surface area contributed by atoms with Crippen LogP contribution in [0, 0.1) is 12.7 Å². The van der Waals surface area contributed by atoms with E-state index in [-0.39, 0.29) is 35.3 Å². The van der Waals surface area contributed by atoms with Crippen LogP contribution in [-0.4, -0.2) is 76.1 Å². The number of nitrogens with two attached hydrogens (primary N) is 1. The molecule has 1 aliphatic rings. The van der Waals surface area contributed by atoms with E-state index in [1.807, 2.05) is 55.0 Å². The van der Waals surface area contributed by atoms with Gasteiger partial charge in [0.05, 0.1) is 31.6 Å². The molecule has 4 aromatic carbocycles. The van der Waals surface area contributed by atoms with Crippen LogP contribution in [0.25, 0.3) is 55.4 Å². The van der Waals surface area contributed by atoms with Gasteiger partial charge in [0.1, 0.15) is 28.1 Å². The number of aryl methyl sites for hydroxylation is 1. The Bertz CT molecular complexity index is 3550. The quantitative estimate of drug-likeness (QED) is 0.104. The molecule has 0 aliphatic heterocycles. The molecule has 11 rings (SSSR count). The summed E-state index contributed by atoms with van der Waals surface area (Å²) in [4.78, 5) is 35.0. The van der Waals surface area contributed by atoms with E-state index in [1.165, 1.54) is 54.0 Å². The van der Waals surface area contributed by atoms with E-state index in [4.69, 9.17) is 20.2 Å². The summed E-state index contributed by atoms with van der Waals surface area (Å²) in [6.07, 6.45) is 9.54. The minimum Gasteiger partial charge on any atom is -0.493 e. The highest BCUT2D eigenvalue weighted by Crippen LogP contribution is 2.37. The number of nitrogens with zero attached hydrogens (tertiary/aromatic N) is 9. The van der Waals surface area contributed by atoms with Gasteiger partial charge in [-0.05, 0) is 122 Å². The van der Waals surface area contributed by atoms with Crippen molar-refractivity contribution >= 4 is 44.8 Å². The van der Waals surface area contributed by atoms with Crippen LogP contribution in [0.2, 0.25) is 0 Å². The molecule has 4 N–H and O–H groups in total. The third-order valence-corrected chi connectivity index (χ3v) is 12.1. The number of rotatable bonds is 11. The average Bonchev–Trinajstić information content (AvgIpc) is 4.20. The predicted octanol–water partition coefficient (Wildman–Crippen LogP) is 10.7. The predicted molar refractivity (Wildman–Crippen MR) is 269 cm³/mol. The van der Waals surface area contributed by atoms with Crippen molar-refractivity contribution in [2.45, 2.75) is 57.9 Å². The third kappa shape index (κ3) is 11.4. The molecule has 0 saturated heterocycles. The van der Waals surface area contributed by atoms with Crippen LogP contribution < -0.4 is 20.5 Å². The molecule has 1 aliphatic carbocycles. The van der Waals surface area contributed by atoms with Crippen molar-refractivity contribution in [3.05, 3.63) is 174 Å². The lowest BCUT2D eigenvalue weighted by Crippen LogP contribution is -2.14. The average molecular weight is 989 g/mol. The lowest BCUT2D eigenvalue weighted by molar-refractivity contribution is -0.144. The number of methoxy groups -OCH3 is 1. The Morgan fingerprint density at radius 3 is 2.33 bits per heavy atom. The van der Waals surface area contributed by atoms with Crippen LogP contribution in [0.1, 0.15) is 64.2 Å². The van der Waals surface area contributed by atoms with E-state index in [0.29, 0.717) is 5.56 Å². The molecule has 6 heterocycles. The standard InChI is InChI=1S/C22H17N5.C18H20N2O3.C14H11F4N5/c1-14-9-17-11-16(10-15-5-7-23-8-6-15)12-19(21(17)24-13-14)18-3-2-4-20-22(18)26-27-25-20;1-22-16-9-7-12(10-17(16)23-14-4-2-3-5-14)13-6-8-15(18(19)21)20-11-13;1-19-11-10-12(22-13(21-11)14(16,17)18)23(7-20-10)6-8-4-2-3-5-9(8)15/h2-9,11-13H,10H2,1H3,(H,25,26,27);6-11,14H,2-5H2,1H3,(H2,19,21);2-5,7H,6H2,1H3,(H,19,21,22). The molecule has 1 fully saturated rings. The molecule has 15 nitrogen and oxygen atoms in total. The first-order chi connectivity index (χ1) is 35.3. The van der Waals surface area contributed by atoms with E-state index in [2.05, 4.69) is 89.0 Å². The Labute approximate surface area is 415 Å². The van der Waals surface area contributed by atoms with Gasteiger partial charge in [-0.3, -0.25) is 19.7 Å². The second kappa shape index (κ2) is 21.6. The van der Waals surface area contributed by atoms with E-state index < -0.39 is 23.7 Å². The molecular weight excluding hydrogens is 941 g/mol. The Morgan fingerprint density at radius 2 is 1.60 bits per heavy atom. The van der Waals surface area contributed by atoms with Crippen LogP contribution in [-0.2, 0) is 19.1 Å². The number of benzene rings is 4. The Hall–Kier alpha value is -8.87. The molecule has 6 aromatic heterocycles. The van der Waals surface area contributed by atoms with Crippen molar-refractivity contribution in [3.8, 4) is 33.8 Å². The Kier molecular flexibility index (Phi) is 14.6. The van der Waals surface area contributed by atoms with Gasteiger partial charge in [-0.15, -0.1) is 0 Å². The zero-order valence-corrected chi connectivity index (χ0v) is 39.9. The number of H-pyrrole nitrogens is 1. The van der Waals surface area contributed by atoms with E-state index in [9.17, 15) is 22.4 Å². The van der Waals surface area contributed by atoms with Gasteiger partial charge in [0.25, 0.3) is 5.91 Å². The topological polar surface area (TPSA) is 197 Å². The number of aromatic nitrogens is 10. The van der Waals surface area contributed by atoms with Gasteiger partial charge in [-0.1, -0.05) is 42.5 Å². The fourth-order valence-corrected chi connectivity index (χ4v) is 8.57. The largest absolute Gasteiger partial charge is 0.493 e. The smallest absolute Gasteiger partial charge is 0.451 e. The summed E-state index contributed by atoms with van der Waals surface area (Å²) in [7, 11) is 3.08. The van der Waals surface area contributed by atoms with Gasteiger partial charge >= 0.3 is 6.18 Å². The summed E-state index contributed by atoms with van der Waals surface area (Å²) in [6, 6.07) is 32.0. The highest BCUT2D eigenvalue weighted by atomic mass is 19.4. The van der Waals surface area contributed by atoms with Crippen LogP contribution >= 0.6 is 0 Å². The fraction of sp³-hybridized carbons (Fsp3) is 0.204. The molecule has 0 radical (unpaired) electrons. The number of alkyl halides is 3.